The van der Waals surface area contributed by atoms with Gasteiger partial charge in [-0.25, -0.2) is 0 Å². The van der Waals surface area contributed by atoms with E-state index in [0.717, 1.165) is 11.8 Å². The summed E-state index contributed by atoms with van der Waals surface area (Å²) in [5.74, 6) is 2.44. The summed E-state index contributed by atoms with van der Waals surface area (Å²) < 4.78 is 0. The quantitative estimate of drug-likeness (QED) is 0.663. The predicted molar refractivity (Wildman–Crippen MR) is 73.7 cm³/mol. The third kappa shape index (κ3) is 2.14. The first-order valence-electron chi connectivity index (χ1n) is 6.71. The standard InChI is InChI=1S/C15H18ClNO/c16-12-3-4-13(14(17)8-12)15(18)7-11-6-9-1-2-10(11)5-9/h3-4,8-11H,1-2,5-7,17H2. The number of anilines is 1. The van der Waals surface area contributed by atoms with E-state index in [2.05, 4.69) is 0 Å². The highest BCUT2D eigenvalue weighted by Crippen LogP contribution is 2.49. The number of hydrogen-bond acceptors (Lipinski definition) is 2. The van der Waals surface area contributed by atoms with Crippen molar-refractivity contribution >= 4 is 23.1 Å². The van der Waals surface area contributed by atoms with Gasteiger partial charge in [0, 0.05) is 22.7 Å². The average molecular weight is 264 g/mol. The number of carbonyl (C=O) groups excluding carboxylic acids is 1. The SMILES string of the molecule is Nc1cc(Cl)ccc1C(=O)CC1CC2CCC1C2. The topological polar surface area (TPSA) is 43.1 Å². The van der Waals surface area contributed by atoms with E-state index in [1.807, 2.05) is 0 Å². The third-order valence-electron chi connectivity index (χ3n) is 4.65. The van der Waals surface area contributed by atoms with Gasteiger partial charge in [0.1, 0.15) is 0 Å². The Hall–Kier alpha value is -1.02. The first-order valence-corrected chi connectivity index (χ1v) is 7.09. The smallest absolute Gasteiger partial charge is 0.165 e. The molecule has 0 spiro atoms. The number of fused-ring (bicyclic) bond motifs is 2. The van der Waals surface area contributed by atoms with Gasteiger partial charge in [-0.1, -0.05) is 18.0 Å². The Labute approximate surface area is 113 Å². The lowest BCUT2D eigenvalue weighted by Gasteiger charge is -2.21. The first kappa shape index (κ1) is 12.0. The van der Waals surface area contributed by atoms with Gasteiger partial charge in [0.2, 0.25) is 0 Å². The normalized spacial score (nSPS) is 29.7. The van der Waals surface area contributed by atoms with Crippen LogP contribution in [0.5, 0.6) is 0 Å². The molecule has 0 radical (unpaired) electrons. The van der Waals surface area contributed by atoms with E-state index in [-0.39, 0.29) is 5.78 Å². The van der Waals surface area contributed by atoms with E-state index in [0.29, 0.717) is 28.6 Å². The zero-order valence-electron chi connectivity index (χ0n) is 10.4. The molecular formula is C15H18ClNO. The Bertz CT molecular complexity index is 485. The van der Waals surface area contributed by atoms with Gasteiger partial charge >= 0.3 is 0 Å². The maximum atomic E-state index is 12.3. The van der Waals surface area contributed by atoms with Crippen LogP contribution in [0.1, 0.15) is 42.5 Å². The molecule has 0 saturated heterocycles. The van der Waals surface area contributed by atoms with Gasteiger partial charge < -0.3 is 5.73 Å². The van der Waals surface area contributed by atoms with E-state index < -0.39 is 0 Å². The molecule has 0 heterocycles. The Balaban J connectivity index is 1.71. The summed E-state index contributed by atoms with van der Waals surface area (Å²) in [6.07, 6.45) is 5.93. The van der Waals surface area contributed by atoms with Crippen molar-refractivity contribution < 1.29 is 4.79 Å². The zero-order chi connectivity index (χ0) is 12.7. The minimum Gasteiger partial charge on any atom is -0.398 e. The molecule has 2 bridgehead atoms. The largest absolute Gasteiger partial charge is 0.398 e. The summed E-state index contributed by atoms with van der Waals surface area (Å²) in [6, 6.07) is 5.16. The van der Waals surface area contributed by atoms with Crippen molar-refractivity contribution in [1.82, 2.24) is 0 Å². The summed E-state index contributed by atoms with van der Waals surface area (Å²) in [5, 5.41) is 0.587. The molecule has 3 rings (SSSR count). The Morgan fingerprint density at radius 2 is 2.17 bits per heavy atom. The van der Waals surface area contributed by atoms with Crippen LogP contribution in [-0.4, -0.2) is 5.78 Å². The highest BCUT2D eigenvalue weighted by atomic mass is 35.5. The van der Waals surface area contributed by atoms with E-state index in [4.69, 9.17) is 17.3 Å². The van der Waals surface area contributed by atoms with Crippen LogP contribution >= 0.6 is 11.6 Å². The van der Waals surface area contributed by atoms with Crippen molar-refractivity contribution in [3.05, 3.63) is 28.8 Å². The van der Waals surface area contributed by atoms with Crippen LogP contribution in [0.2, 0.25) is 5.02 Å². The first-order chi connectivity index (χ1) is 8.63. The van der Waals surface area contributed by atoms with Gasteiger partial charge in [-0.05, 0) is 55.2 Å². The summed E-state index contributed by atoms with van der Waals surface area (Å²) in [4.78, 5) is 12.3. The number of Topliss-reactive ketones (excluding diaryl/α,β-unsaturated/α-hetero) is 1. The van der Waals surface area contributed by atoms with E-state index in [1.165, 1.54) is 25.7 Å². The van der Waals surface area contributed by atoms with Crippen LogP contribution in [-0.2, 0) is 0 Å². The van der Waals surface area contributed by atoms with Crippen LogP contribution in [0, 0.1) is 17.8 Å². The molecular weight excluding hydrogens is 246 g/mol. The molecule has 3 unspecified atom stereocenters. The molecule has 2 fully saturated rings. The van der Waals surface area contributed by atoms with Crippen molar-refractivity contribution in [3.63, 3.8) is 0 Å². The van der Waals surface area contributed by atoms with Gasteiger partial charge in [0.05, 0.1) is 0 Å². The van der Waals surface area contributed by atoms with Gasteiger partial charge in [0.15, 0.2) is 5.78 Å². The molecule has 1 aromatic carbocycles. The van der Waals surface area contributed by atoms with Crippen LogP contribution < -0.4 is 5.73 Å². The number of benzene rings is 1. The van der Waals surface area contributed by atoms with Crippen molar-refractivity contribution in [2.45, 2.75) is 32.1 Å². The minimum absolute atomic E-state index is 0.182. The van der Waals surface area contributed by atoms with Crippen molar-refractivity contribution in [1.29, 1.82) is 0 Å². The zero-order valence-corrected chi connectivity index (χ0v) is 11.1. The summed E-state index contributed by atoms with van der Waals surface area (Å²) in [6.45, 7) is 0. The van der Waals surface area contributed by atoms with Gasteiger partial charge in [-0.3, -0.25) is 4.79 Å². The second kappa shape index (κ2) is 4.58. The number of ketones is 1. The number of nitrogen functional groups attached to an aromatic ring is 1. The van der Waals surface area contributed by atoms with Crippen LogP contribution in [0.3, 0.4) is 0 Å². The molecule has 2 aliphatic rings. The van der Waals surface area contributed by atoms with Gasteiger partial charge in [-0.15, -0.1) is 0 Å². The van der Waals surface area contributed by atoms with Crippen molar-refractivity contribution in [2.75, 3.05) is 5.73 Å². The third-order valence-corrected chi connectivity index (χ3v) is 4.88. The summed E-state index contributed by atoms with van der Waals surface area (Å²) in [7, 11) is 0. The van der Waals surface area contributed by atoms with Gasteiger partial charge in [0.25, 0.3) is 0 Å². The van der Waals surface area contributed by atoms with E-state index in [9.17, 15) is 4.79 Å². The highest BCUT2D eigenvalue weighted by molar-refractivity contribution is 6.31. The summed E-state index contributed by atoms with van der Waals surface area (Å²) in [5.41, 5.74) is 7.02. The lowest BCUT2D eigenvalue weighted by Crippen LogP contribution is -2.16. The maximum absolute atomic E-state index is 12.3. The average Bonchev–Trinajstić information content (AvgIpc) is 2.90. The van der Waals surface area contributed by atoms with Crippen molar-refractivity contribution in [2.24, 2.45) is 17.8 Å². The fourth-order valence-corrected chi connectivity index (χ4v) is 3.94. The molecule has 2 aliphatic carbocycles. The molecule has 18 heavy (non-hydrogen) atoms. The summed E-state index contributed by atoms with van der Waals surface area (Å²) >= 11 is 5.85. The lowest BCUT2D eigenvalue weighted by molar-refractivity contribution is 0.0945. The molecule has 96 valence electrons. The maximum Gasteiger partial charge on any atom is 0.165 e. The minimum atomic E-state index is 0.182. The van der Waals surface area contributed by atoms with Gasteiger partial charge in [-0.2, -0.15) is 0 Å². The number of halogens is 1. The molecule has 3 atom stereocenters. The molecule has 1 aromatic rings. The monoisotopic (exact) mass is 263 g/mol. The molecule has 2 nitrogen and oxygen atoms in total. The molecule has 0 aromatic heterocycles. The van der Waals surface area contributed by atoms with Crippen molar-refractivity contribution in [3.8, 4) is 0 Å². The molecule has 2 saturated carbocycles. The molecule has 3 heteroatoms. The molecule has 0 amide bonds. The predicted octanol–water partition coefficient (Wildman–Crippen LogP) is 3.93. The van der Waals surface area contributed by atoms with Crippen LogP contribution in [0.4, 0.5) is 5.69 Å². The fraction of sp³-hybridized carbons (Fsp3) is 0.533. The second-order valence-corrected chi connectivity index (χ2v) is 6.23. The van der Waals surface area contributed by atoms with E-state index in [1.54, 1.807) is 18.2 Å². The Morgan fingerprint density at radius 1 is 1.33 bits per heavy atom. The Morgan fingerprint density at radius 3 is 2.78 bits per heavy atom. The number of rotatable bonds is 3. The second-order valence-electron chi connectivity index (χ2n) is 5.79. The molecule has 0 aliphatic heterocycles. The fourth-order valence-electron chi connectivity index (χ4n) is 3.76. The lowest BCUT2D eigenvalue weighted by atomic mass is 9.84. The van der Waals surface area contributed by atoms with Crippen LogP contribution in [0.15, 0.2) is 18.2 Å². The molecule has 2 N–H and O–H groups in total. The number of nitrogens with two attached hydrogens (primary N) is 1. The Kier molecular flexibility index (Phi) is 3.06. The highest BCUT2D eigenvalue weighted by Gasteiger charge is 2.40. The number of hydrogen-bond donors (Lipinski definition) is 1. The van der Waals surface area contributed by atoms with E-state index >= 15 is 0 Å². The number of carbonyl (C=O) groups is 1. The van der Waals surface area contributed by atoms with Crippen LogP contribution in [0.25, 0.3) is 0 Å².